The molecule has 0 atom stereocenters. The maximum Gasteiger partial charge on any atom is 0.211 e. The van der Waals surface area contributed by atoms with Crippen LogP contribution in [-0.4, -0.2) is 23.3 Å². The molecule has 0 saturated carbocycles. The molecule has 0 aromatic carbocycles. The van der Waals surface area contributed by atoms with Crippen molar-refractivity contribution in [1.82, 2.24) is 0 Å². The van der Waals surface area contributed by atoms with Crippen molar-refractivity contribution < 1.29 is 0 Å². The molecule has 8 nitrogen and oxygen atoms in total. The molecule has 8 N–H and O–H groups in total. The maximum absolute atomic E-state index is 5.13. The van der Waals surface area contributed by atoms with Gasteiger partial charge in [0.2, 0.25) is 11.9 Å². The lowest BCUT2D eigenvalue weighted by molar-refractivity contribution is 1.06. The Labute approximate surface area is 94.2 Å². The average Bonchev–Trinajstić information content (AvgIpc) is 2.20. The van der Waals surface area contributed by atoms with Crippen LogP contribution in [0.4, 0.5) is 0 Å². The summed E-state index contributed by atoms with van der Waals surface area (Å²) >= 11 is 0. The third kappa shape index (κ3) is 8.48. The van der Waals surface area contributed by atoms with Crippen LogP contribution in [0.1, 0.15) is 26.7 Å². The van der Waals surface area contributed by atoms with Crippen molar-refractivity contribution in [3.8, 4) is 0 Å². The van der Waals surface area contributed by atoms with Gasteiger partial charge in [0.1, 0.15) is 0 Å². The van der Waals surface area contributed by atoms with Gasteiger partial charge in [-0.25, -0.2) is 0 Å². The lowest BCUT2D eigenvalue weighted by Gasteiger charge is -1.97. The van der Waals surface area contributed by atoms with Gasteiger partial charge in [-0.2, -0.15) is 10.2 Å². The number of hydrogen-bond donors (Lipinski definition) is 4. The molecule has 0 spiro atoms. The summed E-state index contributed by atoms with van der Waals surface area (Å²) in [5.41, 5.74) is 22.1. The number of guanidine groups is 2. The van der Waals surface area contributed by atoms with Crippen molar-refractivity contribution in [2.24, 2.45) is 43.3 Å². The molecular weight excluding hydrogens is 208 g/mol. The van der Waals surface area contributed by atoms with E-state index < -0.39 is 0 Å². The van der Waals surface area contributed by atoms with E-state index in [0.717, 1.165) is 11.4 Å². The first kappa shape index (κ1) is 13.9. The largest absolute Gasteiger partial charge is 0.369 e. The first-order valence-corrected chi connectivity index (χ1v) is 4.66. The van der Waals surface area contributed by atoms with Gasteiger partial charge in [-0.15, -0.1) is 10.2 Å². The first-order valence-electron chi connectivity index (χ1n) is 4.66. The summed E-state index contributed by atoms with van der Waals surface area (Å²) in [4.78, 5) is 0. The zero-order valence-corrected chi connectivity index (χ0v) is 9.51. The lowest BCUT2D eigenvalue weighted by atomic mass is 10.2. The quantitative estimate of drug-likeness (QED) is 0.271. The van der Waals surface area contributed by atoms with Gasteiger partial charge in [-0.3, -0.25) is 0 Å². The van der Waals surface area contributed by atoms with Gasteiger partial charge in [0.15, 0.2) is 0 Å². The average molecular weight is 226 g/mol. The molecule has 0 aliphatic heterocycles. The zero-order chi connectivity index (χ0) is 12.6. The molecule has 0 unspecified atom stereocenters. The minimum absolute atomic E-state index is 0.0646. The normalized spacial score (nSPS) is 12.1. The van der Waals surface area contributed by atoms with E-state index in [9.17, 15) is 0 Å². The van der Waals surface area contributed by atoms with Crippen LogP contribution in [0.2, 0.25) is 0 Å². The van der Waals surface area contributed by atoms with Crippen LogP contribution in [0.5, 0.6) is 0 Å². The highest BCUT2D eigenvalue weighted by atomic mass is 15.3. The summed E-state index contributed by atoms with van der Waals surface area (Å²) in [6.07, 6.45) is 1.37. The maximum atomic E-state index is 5.13. The number of nitrogens with zero attached hydrogens (tertiary/aromatic N) is 4. The minimum Gasteiger partial charge on any atom is -0.369 e. The predicted molar refractivity (Wildman–Crippen MR) is 67.1 cm³/mol. The van der Waals surface area contributed by atoms with Crippen LogP contribution in [0, 0.1) is 0 Å². The monoisotopic (exact) mass is 226 g/mol. The van der Waals surface area contributed by atoms with E-state index in [0.29, 0.717) is 12.8 Å². The lowest BCUT2D eigenvalue weighted by Crippen LogP contribution is -2.22. The van der Waals surface area contributed by atoms with E-state index in [1.807, 2.05) is 13.8 Å². The molecule has 90 valence electrons. The predicted octanol–water partition coefficient (Wildman–Crippen LogP) is -0.935. The molecule has 0 saturated heterocycles. The molecule has 0 rings (SSSR count). The van der Waals surface area contributed by atoms with Gasteiger partial charge in [-0.1, -0.05) is 0 Å². The molecule has 0 aromatic heterocycles. The van der Waals surface area contributed by atoms with Gasteiger partial charge in [0.25, 0.3) is 0 Å². The number of rotatable bonds is 5. The van der Waals surface area contributed by atoms with Crippen molar-refractivity contribution in [3.05, 3.63) is 0 Å². The molecule has 0 aliphatic carbocycles. The van der Waals surface area contributed by atoms with E-state index in [-0.39, 0.29) is 11.9 Å². The molecule has 0 heterocycles. The third-order valence-corrected chi connectivity index (χ3v) is 1.52. The highest BCUT2D eigenvalue weighted by Crippen LogP contribution is 1.97. The molecule has 0 aliphatic rings. The summed E-state index contributed by atoms with van der Waals surface area (Å²) in [6.45, 7) is 3.64. The summed E-state index contributed by atoms with van der Waals surface area (Å²) in [7, 11) is 0. The Morgan fingerprint density at radius 2 is 1.00 bits per heavy atom. The standard InChI is InChI=1S/C8H18N8/c1-5(13-15-7(9)10)3-4-6(2)14-16-8(11)12/h3-4H2,1-2H3,(H4,9,10,15)(H4,11,12,16)/b13-5-,14-6-. The first-order chi connectivity index (χ1) is 7.41. The van der Waals surface area contributed by atoms with E-state index in [1.54, 1.807) is 0 Å². The van der Waals surface area contributed by atoms with E-state index in [2.05, 4.69) is 20.4 Å². The molecular formula is C8H18N8. The topological polar surface area (TPSA) is 154 Å². The molecule has 0 radical (unpaired) electrons. The van der Waals surface area contributed by atoms with Gasteiger partial charge >= 0.3 is 0 Å². The van der Waals surface area contributed by atoms with Gasteiger partial charge in [-0.05, 0) is 26.7 Å². The molecule has 0 bridgehead atoms. The van der Waals surface area contributed by atoms with Crippen molar-refractivity contribution in [1.29, 1.82) is 0 Å². The van der Waals surface area contributed by atoms with E-state index in [1.165, 1.54) is 0 Å². The van der Waals surface area contributed by atoms with Gasteiger partial charge in [0, 0.05) is 11.4 Å². The second-order valence-electron chi connectivity index (χ2n) is 3.22. The molecule has 0 fully saturated rings. The van der Waals surface area contributed by atoms with Crippen LogP contribution < -0.4 is 22.9 Å². The fourth-order valence-corrected chi connectivity index (χ4v) is 0.748. The Morgan fingerprint density at radius 3 is 1.25 bits per heavy atom. The zero-order valence-electron chi connectivity index (χ0n) is 9.51. The SMILES string of the molecule is C/C(CC/C(C)=N\N=C(N)N)=N/N=C(N)N. The molecule has 8 heteroatoms. The fraction of sp³-hybridized carbons (Fsp3) is 0.500. The second kappa shape index (κ2) is 7.21. The van der Waals surface area contributed by atoms with Gasteiger partial charge < -0.3 is 22.9 Å². The highest BCUT2D eigenvalue weighted by molar-refractivity contribution is 5.90. The summed E-state index contributed by atoms with van der Waals surface area (Å²) < 4.78 is 0. The van der Waals surface area contributed by atoms with Gasteiger partial charge in [0.05, 0.1) is 0 Å². The fourth-order valence-electron chi connectivity index (χ4n) is 0.748. The summed E-state index contributed by atoms with van der Waals surface area (Å²) in [5, 5.41) is 14.7. The number of hydrogen-bond acceptors (Lipinski definition) is 4. The molecule has 16 heavy (non-hydrogen) atoms. The van der Waals surface area contributed by atoms with Crippen LogP contribution in [0.25, 0.3) is 0 Å². The Morgan fingerprint density at radius 1 is 0.688 bits per heavy atom. The van der Waals surface area contributed by atoms with E-state index >= 15 is 0 Å². The summed E-state index contributed by atoms with van der Waals surface area (Å²) in [5.74, 6) is -0.129. The Bertz CT molecular complexity index is 296. The number of nitrogens with two attached hydrogens (primary N) is 4. The Balaban J connectivity index is 4.16. The van der Waals surface area contributed by atoms with Crippen molar-refractivity contribution >= 4 is 23.3 Å². The smallest absolute Gasteiger partial charge is 0.211 e. The van der Waals surface area contributed by atoms with Crippen LogP contribution in [-0.2, 0) is 0 Å². The molecule has 0 aromatic rings. The highest BCUT2D eigenvalue weighted by Gasteiger charge is 1.95. The Kier molecular flexibility index (Phi) is 6.25. The van der Waals surface area contributed by atoms with Crippen LogP contribution >= 0.6 is 0 Å². The van der Waals surface area contributed by atoms with Crippen molar-refractivity contribution in [3.63, 3.8) is 0 Å². The molecule has 0 amide bonds. The Hall–Kier alpha value is -2.12. The van der Waals surface area contributed by atoms with Crippen LogP contribution in [0.15, 0.2) is 20.4 Å². The third-order valence-electron chi connectivity index (χ3n) is 1.52. The van der Waals surface area contributed by atoms with Crippen LogP contribution in [0.3, 0.4) is 0 Å². The minimum atomic E-state index is -0.0646. The van der Waals surface area contributed by atoms with Crippen molar-refractivity contribution in [2.45, 2.75) is 26.7 Å². The van der Waals surface area contributed by atoms with E-state index in [4.69, 9.17) is 22.9 Å². The summed E-state index contributed by atoms with van der Waals surface area (Å²) in [6, 6.07) is 0. The van der Waals surface area contributed by atoms with Crippen molar-refractivity contribution in [2.75, 3.05) is 0 Å². The second-order valence-corrected chi connectivity index (χ2v) is 3.22.